The van der Waals surface area contributed by atoms with Gasteiger partial charge < -0.3 is 10.5 Å². The van der Waals surface area contributed by atoms with Gasteiger partial charge in [-0.15, -0.1) is 11.8 Å². The summed E-state index contributed by atoms with van der Waals surface area (Å²) < 4.78 is 17.8. The van der Waals surface area contributed by atoms with Crippen molar-refractivity contribution in [3.63, 3.8) is 0 Å². The van der Waals surface area contributed by atoms with Crippen molar-refractivity contribution in [3.8, 4) is 0 Å². The molecule has 1 saturated carbocycles. The molecule has 0 aromatic heterocycles. The average Bonchev–Trinajstić information content (AvgIpc) is 2.71. The second-order valence-electron chi connectivity index (χ2n) is 4.59. The van der Waals surface area contributed by atoms with Gasteiger partial charge in [0.1, 0.15) is 11.4 Å². The highest BCUT2D eigenvalue weighted by Crippen LogP contribution is 2.39. The van der Waals surface area contributed by atoms with Crippen LogP contribution in [0.15, 0.2) is 29.2 Å². The zero-order chi connectivity index (χ0) is 13.2. The Morgan fingerprint density at radius 2 is 2.39 bits per heavy atom. The molecule has 0 amide bonds. The first-order valence-corrected chi connectivity index (χ1v) is 6.71. The maximum atomic E-state index is 13.1. The Hall–Kier alpha value is -1.07. The van der Waals surface area contributed by atoms with E-state index in [2.05, 4.69) is 0 Å². The fourth-order valence-corrected chi connectivity index (χ4v) is 3.59. The molecule has 1 aromatic rings. The summed E-state index contributed by atoms with van der Waals surface area (Å²) in [5, 5.41) is 0.232. The van der Waals surface area contributed by atoms with E-state index in [1.807, 2.05) is 6.07 Å². The van der Waals surface area contributed by atoms with Crippen molar-refractivity contribution in [2.24, 2.45) is 5.73 Å². The number of ether oxygens (including phenoxy) is 1. The lowest BCUT2D eigenvalue weighted by Crippen LogP contribution is -2.46. The number of rotatable bonds is 3. The molecular weight excluding hydrogens is 253 g/mol. The largest absolute Gasteiger partial charge is 0.468 e. The van der Waals surface area contributed by atoms with Crippen LogP contribution in [0, 0.1) is 5.82 Å². The summed E-state index contributed by atoms with van der Waals surface area (Å²) in [6, 6.07) is 6.46. The summed E-state index contributed by atoms with van der Waals surface area (Å²) >= 11 is 1.57. The van der Waals surface area contributed by atoms with E-state index in [-0.39, 0.29) is 17.0 Å². The third-order valence-corrected chi connectivity index (χ3v) is 4.46. The van der Waals surface area contributed by atoms with Gasteiger partial charge >= 0.3 is 5.97 Å². The molecule has 1 fully saturated rings. The molecule has 0 saturated heterocycles. The van der Waals surface area contributed by atoms with Crippen molar-refractivity contribution in [3.05, 3.63) is 30.1 Å². The summed E-state index contributed by atoms with van der Waals surface area (Å²) in [6.07, 6.45) is 2.03. The van der Waals surface area contributed by atoms with E-state index < -0.39 is 5.54 Å². The summed E-state index contributed by atoms with van der Waals surface area (Å²) in [7, 11) is 1.35. The minimum atomic E-state index is -0.875. The first-order chi connectivity index (χ1) is 8.53. The maximum Gasteiger partial charge on any atom is 0.325 e. The fraction of sp³-hybridized carbons (Fsp3) is 0.462. The monoisotopic (exact) mass is 269 g/mol. The predicted octanol–water partition coefficient (Wildman–Crippen LogP) is 2.34. The highest BCUT2D eigenvalue weighted by Gasteiger charge is 2.43. The van der Waals surface area contributed by atoms with Crippen molar-refractivity contribution in [2.45, 2.75) is 34.9 Å². The quantitative estimate of drug-likeness (QED) is 0.856. The Balaban J connectivity index is 2.00. The van der Waals surface area contributed by atoms with E-state index in [1.54, 1.807) is 17.8 Å². The molecule has 2 atom stereocenters. The van der Waals surface area contributed by atoms with Crippen LogP contribution in [0.1, 0.15) is 19.3 Å². The number of benzene rings is 1. The Morgan fingerprint density at radius 1 is 1.61 bits per heavy atom. The normalized spacial score (nSPS) is 27.2. The number of nitrogens with two attached hydrogens (primary N) is 1. The molecular formula is C13H16FNO2S. The summed E-state index contributed by atoms with van der Waals surface area (Å²) in [5.74, 6) is -0.602. The van der Waals surface area contributed by atoms with Gasteiger partial charge in [0, 0.05) is 10.1 Å². The molecule has 2 unspecified atom stereocenters. The molecule has 5 heteroatoms. The number of carbonyl (C=O) groups excluding carboxylic acids is 1. The van der Waals surface area contributed by atoms with Gasteiger partial charge in [0.15, 0.2) is 0 Å². The van der Waals surface area contributed by atoms with E-state index in [4.69, 9.17) is 10.5 Å². The van der Waals surface area contributed by atoms with Crippen LogP contribution in [0.4, 0.5) is 4.39 Å². The van der Waals surface area contributed by atoms with Gasteiger partial charge in [0.25, 0.3) is 0 Å². The van der Waals surface area contributed by atoms with E-state index >= 15 is 0 Å². The van der Waals surface area contributed by atoms with E-state index in [1.165, 1.54) is 19.2 Å². The average molecular weight is 269 g/mol. The van der Waals surface area contributed by atoms with Gasteiger partial charge in [-0.3, -0.25) is 4.79 Å². The van der Waals surface area contributed by atoms with Crippen LogP contribution in [-0.4, -0.2) is 23.9 Å². The third kappa shape index (κ3) is 2.84. The Labute approximate surface area is 110 Å². The van der Waals surface area contributed by atoms with Gasteiger partial charge in [0.05, 0.1) is 7.11 Å². The number of thioether (sulfide) groups is 1. The molecule has 0 radical (unpaired) electrons. The molecule has 18 heavy (non-hydrogen) atoms. The number of esters is 1. The number of hydrogen-bond donors (Lipinski definition) is 1. The summed E-state index contributed by atoms with van der Waals surface area (Å²) in [6.45, 7) is 0. The molecule has 0 heterocycles. The fourth-order valence-electron chi connectivity index (χ4n) is 2.25. The molecule has 1 aliphatic rings. The van der Waals surface area contributed by atoms with Gasteiger partial charge in [-0.25, -0.2) is 4.39 Å². The minimum Gasteiger partial charge on any atom is -0.468 e. The van der Waals surface area contributed by atoms with Crippen LogP contribution in [0.5, 0.6) is 0 Å². The van der Waals surface area contributed by atoms with Gasteiger partial charge in [-0.2, -0.15) is 0 Å². The van der Waals surface area contributed by atoms with Gasteiger partial charge in [0.2, 0.25) is 0 Å². The van der Waals surface area contributed by atoms with Crippen LogP contribution in [0.25, 0.3) is 0 Å². The number of hydrogen-bond acceptors (Lipinski definition) is 4. The molecule has 0 bridgehead atoms. The van der Waals surface area contributed by atoms with E-state index in [0.29, 0.717) is 12.8 Å². The SMILES string of the molecule is COC(=O)C1(N)CCC(Sc2cccc(F)c2)C1. The first-order valence-electron chi connectivity index (χ1n) is 5.83. The van der Waals surface area contributed by atoms with Crippen molar-refractivity contribution >= 4 is 17.7 Å². The third-order valence-electron chi connectivity index (χ3n) is 3.20. The van der Waals surface area contributed by atoms with Crippen molar-refractivity contribution in [1.29, 1.82) is 0 Å². The lowest BCUT2D eigenvalue weighted by atomic mass is 10.00. The zero-order valence-corrected chi connectivity index (χ0v) is 11.0. The smallest absolute Gasteiger partial charge is 0.325 e. The Bertz CT molecular complexity index is 454. The highest BCUT2D eigenvalue weighted by atomic mass is 32.2. The minimum absolute atomic E-state index is 0.232. The van der Waals surface area contributed by atoms with Crippen LogP contribution < -0.4 is 5.73 Å². The van der Waals surface area contributed by atoms with Crippen LogP contribution in [0.2, 0.25) is 0 Å². The lowest BCUT2D eigenvalue weighted by molar-refractivity contribution is -0.146. The summed E-state index contributed by atoms with van der Waals surface area (Å²) in [5.41, 5.74) is 5.15. The number of halogens is 1. The molecule has 2 rings (SSSR count). The first kappa shape index (κ1) is 13.4. The lowest BCUT2D eigenvalue weighted by Gasteiger charge is -2.20. The molecule has 3 nitrogen and oxygen atoms in total. The summed E-state index contributed by atoms with van der Waals surface area (Å²) in [4.78, 5) is 12.4. The zero-order valence-electron chi connectivity index (χ0n) is 10.2. The van der Waals surface area contributed by atoms with Gasteiger partial charge in [-0.05, 0) is 37.5 Å². The van der Waals surface area contributed by atoms with Crippen LogP contribution in [-0.2, 0) is 9.53 Å². The topological polar surface area (TPSA) is 52.3 Å². The molecule has 1 aliphatic carbocycles. The van der Waals surface area contributed by atoms with E-state index in [0.717, 1.165) is 11.3 Å². The molecule has 0 aliphatic heterocycles. The standard InChI is InChI=1S/C13H16FNO2S/c1-17-12(16)13(15)6-5-11(8-13)18-10-4-2-3-9(14)7-10/h2-4,7,11H,5-6,8,15H2,1H3. The van der Waals surface area contributed by atoms with Crippen LogP contribution >= 0.6 is 11.8 Å². The van der Waals surface area contributed by atoms with E-state index in [9.17, 15) is 9.18 Å². The van der Waals surface area contributed by atoms with Crippen molar-refractivity contribution in [2.75, 3.05) is 7.11 Å². The predicted molar refractivity (Wildman–Crippen MR) is 68.8 cm³/mol. The van der Waals surface area contributed by atoms with Crippen molar-refractivity contribution in [1.82, 2.24) is 0 Å². The van der Waals surface area contributed by atoms with Crippen molar-refractivity contribution < 1.29 is 13.9 Å². The molecule has 98 valence electrons. The molecule has 2 N–H and O–H groups in total. The molecule has 1 aromatic carbocycles. The number of carbonyl (C=O) groups is 1. The second kappa shape index (κ2) is 5.28. The second-order valence-corrected chi connectivity index (χ2v) is 5.96. The highest BCUT2D eigenvalue weighted by molar-refractivity contribution is 8.00. The Kier molecular flexibility index (Phi) is 3.92. The van der Waals surface area contributed by atoms with Crippen LogP contribution in [0.3, 0.4) is 0 Å². The maximum absolute atomic E-state index is 13.1. The molecule has 0 spiro atoms. The number of methoxy groups -OCH3 is 1. The van der Waals surface area contributed by atoms with Gasteiger partial charge in [-0.1, -0.05) is 6.07 Å². The Morgan fingerprint density at radius 3 is 3.06 bits per heavy atom.